The second kappa shape index (κ2) is 5.19. The third-order valence-corrected chi connectivity index (χ3v) is 2.14. The van der Waals surface area contributed by atoms with Crippen LogP contribution in [-0.4, -0.2) is 29.3 Å². The van der Waals surface area contributed by atoms with Gasteiger partial charge >= 0.3 is 5.97 Å². The van der Waals surface area contributed by atoms with Gasteiger partial charge in [0, 0.05) is 12.0 Å². The van der Waals surface area contributed by atoms with Gasteiger partial charge in [-0.1, -0.05) is 13.8 Å². The number of aliphatic carboxylic acids is 1. The Morgan fingerprint density at radius 2 is 2.08 bits per heavy atom. The lowest BCUT2D eigenvalue weighted by Gasteiger charge is -2.30. The molecule has 0 spiro atoms. The molecule has 0 rings (SSSR count). The van der Waals surface area contributed by atoms with E-state index in [9.17, 15) is 4.79 Å². The van der Waals surface area contributed by atoms with Crippen LogP contribution in [0.3, 0.4) is 0 Å². The zero-order valence-corrected chi connectivity index (χ0v) is 8.29. The van der Waals surface area contributed by atoms with Crippen molar-refractivity contribution in [1.82, 2.24) is 0 Å². The summed E-state index contributed by atoms with van der Waals surface area (Å²) in [7, 11) is 0. The predicted molar refractivity (Wildman–Crippen MR) is 50.3 cm³/mol. The van der Waals surface area contributed by atoms with Crippen molar-refractivity contribution in [2.24, 2.45) is 17.1 Å². The molecule has 0 saturated heterocycles. The molecule has 0 amide bonds. The number of rotatable bonds is 6. The van der Waals surface area contributed by atoms with Gasteiger partial charge in [-0.15, -0.1) is 0 Å². The summed E-state index contributed by atoms with van der Waals surface area (Å²) in [6.45, 7) is 4.03. The highest BCUT2D eigenvalue weighted by Gasteiger charge is 2.31. The van der Waals surface area contributed by atoms with E-state index in [1.165, 1.54) is 0 Å². The third-order valence-electron chi connectivity index (χ3n) is 2.14. The smallest absolute Gasteiger partial charge is 0.304 e. The molecule has 4 nitrogen and oxygen atoms in total. The molecule has 1 atom stereocenters. The lowest BCUT2D eigenvalue weighted by Crippen LogP contribution is -2.37. The molecular formula is C9H19NO3. The molecule has 0 aromatic rings. The fraction of sp³-hybridized carbons (Fsp3) is 0.889. The monoisotopic (exact) mass is 189 g/mol. The Labute approximate surface area is 78.7 Å². The number of nitrogens with two attached hydrogens (primary N) is 1. The van der Waals surface area contributed by atoms with Crippen LogP contribution in [-0.2, 0) is 4.79 Å². The number of carbonyl (C=O) groups is 1. The fourth-order valence-electron chi connectivity index (χ4n) is 1.60. The maximum Gasteiger partial charge on any atom is 0.304 e. The zero-order chi connectivity index (χ0) is 10.5. The highest BCUT2D eigenvalue weighted by molar-refractivity contribution is 5.67. The standard InChI is InChI=1S/C9H19NO3/c1-7(2)3-9(5-10,6-11)4-8(12)13/h7,11H,3-6,10H2,1-2H3,(H,12,13). The third kappa shape index (κ3) is 4.24. The molecule has 0 radical (unpaired) electrons. The van der Waals surface area contributed by atoms with E-state index in [0.717, 1.165) is 0 Å². The molecule has 4 heteroatoms. The Hall–Kier alpha value is -0.610. The Kier molecular flexibility index (Phi) is 4.95. The van der Waals surface area contributed by atoms with Crippen LogP contribution in [0.5, 0.6) is 0 Å². The van der Waals surface area contributed by atoms with Crippen molar-refractivity contribution in [3.63, 3.8) is 0 Å². The minimum atomic E-state index is -0.903. The van der Waals surface area contributed by atoms with E-state index in [0.29, 0.717) is 12.3 Å². The minimum Gasteiger partial charge on any atom is -0.481 e. The number of carboxylic acids is 1. The van der Waals surface area contributed by atoms with Crippen LogP contribution in [0, 0.1) is 11.3 Å². The van der Waals surface area contributed by atoms with Crippen LogP contribution < -0.4 is 5.73 Å². The minimum absolute atomic E-state index is 0.0574. The number of carboxylic acid groups (broad SMARTS) is 1. The van der Waals surface area contributed by atoms with Crippen molar-refractivity contribution in [1.29, 1.82) is 0 Å². The summed E-state index contributed by atoms with van der Waals surface area (Å²) < 4.78 is 0. The van der Waals surface area contributed by atoms with Crippen LogP contribution in [0.2, 0.25) is 0 Å². The Bertz CT molecular complexity index is 164. The van der Waals surface area contributed by atoms with E-state index >= 15 is 0 Å². The molecule has 78 valence electrons. The highest BCUT2D eigenvalue weighted by Crippen LogP contribution is 2.28. The van der Waals surface area contributed by atoms with Gasteiger partial charge in [0.2, 0.25) is 0 Å². The van der Waals surface area contributed by atoms with E-state index < -0.39 is 11.4 Å². The Morgan fingerprint density at radius 1 is 1.54 bits per heavy atom. The van der Waals surface area contributed by atoms with Gasteiger partial charge in [0.05, 0.1) is 13.0 Å². The van der Waals surface area contributed by atoms with Crippen LogP contribution in [0.25, 0.3) is 0 Å². The van der Waals surface area contributed by atoms with Gasteiger partial charge in [0.1, 0.15) is 0 Å². The molecule has 13 heavy (non-hydrogen) atoms. The summed E-state index contributed by atoms with van der Waals surface area (Å²) >= 11 is 0. The van der Waals surface area contributed by atoms with E-state index in [1.54, 1.807) is 0 Å². The van der Waals surface area contributed by atoms with Gasteiger partial charge in [0.15, 0.2) is 0 Å². The van der Waals surface area contributed by atoms with Crippen molar-refractivity contribution in [3.05, 3.63) is 0 Å². The van der Waals surface area contributed by atoms with Crippen LogP contribution >= 0.6 is 0 Å². The van der Waals surface area contributed by atoms with Gasteiger partial charge in [-0.25, -0.2) is 0 Å². The lowest BCUT2D eigenvalue weighted by atomic mass is 9.78. The van der Waals surface area contributed by atoms with Crippen molar-refractivity contribution < 1.29 is 15.0 Å². The first-order chi connectivity index (χ1) is 5.95. The van der Waals surface area contributed by atoms with E-state index in [2.05, 4.69) is 0 Å². The van der Waals surface area contributed by atoms with Crippen molar-refractivity contribution >= 4 is 5.97 Å². The van der Waals surface area contributed by atoms with Gasteiger partial charge in [-0.05, 0) is 12.3 Å². The molecule has 0 aliphatic carbocycles. The van der Waals surface area contributed by atoms with Crippen molar-refractivity contribution in [2.75, 3.05) is 13.2 Å². The van der Waals surface area contributed by atoms with E-state index in [1.807, 2.05) is 13.8 Å². The molecule has 0 aliphatic heterocycles. The topological polar surface area (TPSA) is 83.5 Å². The van der Waals surface area contributed by atoms with Gasteiger partial charge in [-0.2, -0.15) is 0 Å². The van der Waals surface area contributed by atoms with Crippen molar-refractivity contribution in [2.45, 2.75) is 26.7 Å². The zero-order valence-electron chi connectivity index (χ0n) is 8.29. The van der Waals surface area contributed by atoms with Crippen LogP contribution in [0.4, 0.5) is 0 Å². The summed E-state index contributed by atoms with van der Waals surface area (Å²) in [6.07, 6.45) is 0.588. The average molecular weight is 189 g/mol. The van der Waals surface area contributed by atoms with Crippen molar-refractivity contribution in [3.8, 4) is 0 Å². The molecular weight excluding hydrogens is 170 g/mol. The first-order valence-corrected chi connectivity index (χ1v) is 4.48. The predicted octanol–water partition coefficient (Wildman–Crippen LogP) is 0.445. The van der Waals surface area contributed by atoms with Gasteiger partial charge < -0.3 is 15.9 Å². The SMILES string of the molecule is CC(C)CC(CN)(CO)CC(=O)O. The molecule has 1 unspecified atom stereocenters. The number of aliphatic hydroxyl groups is 1. The molecule has 0 bridgehead atoms. The number of hydrogen-bond donors (Lipinski definition) is 3. The quantitative estimate of drug-likeness (QED) is 0.566. The molecule has 0 heterocycles. The molecule has 0 fully saturated rings. The summed E-state index contributed by atoms with van der Waals surface area (Å²) in [5.41, 5.74) is 4.85. The summed E-state index contributed by atoms with van der Waals surface area (Å²) in [4.78, 5) is 10.5. The highest BCUT2D eigenvalue weighted by atomic mass is 16.4. The number of aliphatic hydroxyl groups excluding tert-OH is 1. The number of hydrogen-bond acceptors (Lipinski definition) is 3. The average Bonchev–Trinajstić information content (AvgIpc) is 2.01. The molecule has 4 N–H and O–H groups in total. The summed E-state index contributed by atoms with van der Waals surface area (Å²) in [5, 5.41) is 17.8. The Balaban J connectivity index is 4.39. The maximum atomic E-state index is 10.5. The van der Waals surface area contributed by atoms with Crippen LogP contribution in [0.15, 0.2) is 0 Å². The molecule has 0 aliphatic rings. The van der Waals surface area contributed by atoms with E-state index in [-0.39, 0.29) is 19.6 Å². The first-order valence-electron chi connectivity index (χ1n) is 4.48. The maximum absolute atomic E-state index is 10.5. The second-order valence-electron chi connectivity index (χ2n) is 4.03. The fourth-order valence-corrected chi connectivity index (χ4v) is 1.60. The van der Waals surface area contributed by atoms with Gasteiger partial charge in [0.25, 0.3) is 0 Å². The normalized spacial score (nSPS) is 15.8. The molecule has 0 aromatic carbocycles. The summed E-state index contributed by atoms with van der Waals surface area (Å²) in [5.74, 6) is -0.560. The molecule has 0 saturated carbocycles. The molecule has 0 aromatic heterocycles. The van der Waals surface area contributed by atoms with Gasteiger partial charge in [-0.3, -0.25) is 4.79 Å². The van der Waals surface area contributed by atoms with Crippen LogP contribution in [0.1, 0.15) is 26.7 Å². The van der Waals surface area contributed by atoms with E-state index in [4.69, 9.17) is 15.9 Å². The largest absolute Gasteiger partial charge is 0.481 e. The summed E-state index contributed by atoms with van der Waals surface area (Å²) in [6, 6.07) is 0. The first kappa shape index (κ1) is 12.4. The second-order valence-corrected chi connectivity index (χ2v) is 4.03. The Morgan fingerprint density at radius 3 is 2.31 bits per heavy atom. The lowest BCUT2D eigenvalue weighted by molar-refractivity contribution is -0.140.